The standard InChI is InChI=1S/C14H11Cl2N3O2S.C2H6/c1-8-3-5-10(6-4-8)22(20,21)19-7-9(2)11-12(15)17-14(16)18-13(11)19;1-2/h3-7H,1-2H3;1-2H3. The molecule has 128 valence electrons. The van der Waals surface area contributed by atoms with Crippen molar-refractivity contribution in [3.05, 3.63) is 52.0 Å². The maximum absolute atomic E-state index is 12.8. The van der Waals surface area contributed by atoms with Gasteiger partial charge in [-0.1, -0.05) is 43.1 Å². The molecule has 8 heteroatoms. The molecule has 0 saturated carbocycles. The Morgan fingerprint density at radius 1 is 1.00 bits per heavy atom. The summed E-state index contributed by atoms with van der Waals surface area (Å²) >= 11 is 11.9. The fourth-order valence-corrected chi connectivity index (χ4v) is 4.09. The zero-order valence-corrected chi connectivity index (χ0v) is 16.0. The molecule has 3 rings (SSSR count). The zero-order valence-electron chi connectivity index (χ0n) is 13.7. The molecule has 1 aromatic carbocycles. The predicted octanol–water partition coefficient (Wildman–Crippen LogP) is 4.62. The molecular weight excluding hydrogens is 369 g/mol. The van der Waals surface area contributed by atoms with Crippen molar-refractivity contribution in [2.45, 2.75) is 32.6 Å². The van der Waals surface area contributed by atoms with E-state index in [2.05, 4.69) is 9.97 Å². The monoisotopic (exact) mass is 385 g/mol. The Balaban J connectivity index is 0.00000100. The Kier molecular flexibility index (Phi) is 5.52. The molecule has 0 aliphatic rings. The molecule has 0 N–H and O–H groups in total. The summed E-state index contributed by atoms with van der Waals surface area (Å²) in [4.78, 5) is 8.04. The molecule has 24 heavy (non-hydrogen) atoms. The van der Waals surface area contributed by atoms with E-state index in [4.69, 9.17) is 23.2 Å². The first-order chi connectivity index (χ1) is 11.3. The third-order valence-electron chi connectivity index (χ3n) is 3.31. The zero-order chi connectivity index (χ0) is 18.1. The number of aryl methyl sites for hydroxylation is 2. The number of benzene rings is 1. The average Bonchev–Trinajstić information content (AvgIpc) is 2.87. The molecule has 0 radical (unpaired) electrons. The number of hydrogen-bond donors (Lipinski definition) is 0. The smallest absolute Gasteiger partial charge is 0.224 e. The molecule has 0 spiro atoms. The highest BCUT2D eigenvalue weighted by Gasteiger charge is 2.23. The lowest BCUT2D eigenvalue weighted by Gasteiger charge is -2.07. The summed E-state index contributed by atoms with van der Waals surface area (Å²) in [6.45, 7) is 7.63. The van der Waals surface area contributed by atoms with Crippen molar-refractivity contribution >= 4 is 44.3 Å². The van der Waals surface area contributed by atoms with E-state index in [-0.39, 0.29) is 21.0 Å². The first-order valence-corrected chi connectivity index (χ1v) is 9.53. The Bertz CT molecular complexity index is 981. The summed E-state index contributed by atoms with van der Waals surface area (Å²) in [6.07, 6.45) is 1.47. The highest BCUT2D eigenvalue weighted by Crippen LogP contribution is 2.29. The van der Waals surface area contributed by atoms with E-state index in [0.717, 1.165) is 9.54 Å². The second kappa shape index (κ2) is 7.09. The van der Waals surface area contributed by atoms with Gasteiger partial charge in [-0.05, 0) is 43.1 Å². The Hall–Kier alpha value is -1.63. The van der Waals surface area contributed by atoms with Crippen LogP contribution in [-0.4, -0.2) is 22.4 Å². The van der Waals surface area contributed by atoms with Gasteiger partial charge in [0.05, 0.1) is 10.3 Å². The number of hydrogen-bond acceptors (Lipinski definition) is 4. The molecule has 2 heterocycles. The van der Waals surface area contributed by atoms with Crippen molar-refractivity contribution in [1.82, 2.24) is 13.9 Å². The lowest BCUT2D eigenvalue weighted by atomic mass is 10.2. The summed E-state index contributed by atoms with van der Waals surface area (Å²) in [7, 11) is -3.79. The van der Waals surface area contributed by atoms with E-state index in [1.165, 1.54) is 6.20 Å². The van der Waals surface area contributed by atoms with E-state index >= 15 is 0 Å². The van der Waals surface area contributed by atoms with Crippen molar-refractivity contribution in [3.8, 4) is 0 Å². The van der Waals surface area contributed by atoms with Crippen molar-refractivity contribution in [1.29, 1.82) is 0 Å². The third-order valence-corrected chi connectivity index (χ3v) is 5.42. The van der Waals surface area contributed by atoms with Gasteiger partial charge in [0, 0.05) is 6.20 Å². The minimum atomic E-state index is -3.79. The number of halogens is 2. The van der Waals surface area contributed by atoms with Gasteiger partial charge in [-0.25, -0.2) is 17.4 Å². The molecule has 0 unspecified atom stereocenters. The molecule has 0 bridgehead atoms. The lowest BCUT2D eigenvalue weighted by molar-refractivity contribution is 0.588. The molecule has 2 aromatic heterocycles. The van der Waals surface area contributed by atoms with Crippen molar-refractivity contribution in [2.75, 3.05) is 0 Å². The molecule has 0 aliphatic heterocycles. The topological polar surface area (TPSA) is 64.8 Å². The average molecular weight is 386 g/mol. The molecule has 0 aliphatic carbocycles. The quantitative estimate of drug-likeness (QED) is 0.476. The first-order valence-electron chi connectivity index (χ1n) is 7.33. The fraction of sp³-hybridized carbons (Fsp3) is 0.250. The summed E-state index contributed by atoms with van der Waals surface area (Å²) in [6, 6.07) is 6.58. The van der Waals surface area contributed by atoms with E-state index < -0.39 is 10.0 Å². The van der Waals surface area contributed by atoms with Crippen LogP contribution in [0.25, 0.3) is 11.0 Å². The van der Waals surface area contributed by atoms with Crippen LogP contribution in [0.4, 0.5) is 0 Å². The van der Waals surface area contributed by atoms with Gasteiger partial charge in [0.2, 0.25) is 5.28 Å². The number of fused-ring (bicyclic) bond motifs is 1. The van der Waals surface area contributed by atoms with Crippen LogP contribution in [0.3, 0.4) is 0 Å². The van der Waals surface area contributed by atoms with Gasteiger partial charge in [-0.15, -0.1) is 0 Å². The lowest BCUT2D eigenvalue weighted by Crippen LogP contribution is -2.12. The minimum absolute atomic E-state index is 0.101. The molecule has 0 atom stereocenters. The second-order valence-corrected chi connectivity index (χ2v) is 7.42. The van der Waals surface area contributed by atoms with Crippen molar-refractivity contribution in [3.63, 3.8) is 0 Å². The number of rotatable bonds is 2. The van der Waals surface area contributed by atoms with Crippen molar-refractivity contribution in [2.24, 2.45) is 0 Å². The van der Waals surface area contributed by atoms with Crippen molar-refractivity contribution < 1.29 is 8.42 Å². The number of aromatic nitrogens is 3. The summed E-state index contributed by atoms with van der Waals surface area (Å²) in [5.74, 6) is 0. The van der Waals surface area contributed by atoms with Crippen LogP contribution in [0.15, 0.2) is 35.4 Å². The van der Waals surface area contributed by atoms with Crippen LogP contribution in [0.2, 0.25) is 10.4 Å². The van der Waals surface area contributed by atoms with E-state index in [1.54, 1.807) is 31.2 Å². The van der Waals surface area contributed by atoms with Crippen LogP contribution in [0.1, 0.15) is 25.0 Å². The fourth-order valence-electron chi connectivity index (χ4n) is 2.20. The third kappa shape index (κ3) is 3.27. The molecule has 0 fully saturated rings. The molecule has 0 saturated heterocycles. The van der Waals surface area contributed by atoms with Gasteiger partial charge in [0.25, 0.3) is 10.0 Å². The molecular formula is C16H17Cl2N3O2S. The molecule has 3 aromatic rings. The van der Waals surface area contributed by atoms with Crippen LogP contribution < -0.4 is 0 Å². The summed E-state index contributed by atoms with van der Waals surface area (Å²) in [5.41, 5.74) is 1.80. The first kappa shape index (κ1) is 18.7. The normalized spacial score (nSPS) is 11.2. The van der Waals surface area contributed by atoms with Gasteiger partial charge < -0.3 is 0 Å². The largest absolute Gasteiger partial charge is 0.269 e. The predicted molar refractivity (Wildman–Crippen MR) is 97.4 cm³/mol. The van der Waals surface area contributed by atoms with E-state index in [1.807, 2.05) is 20.8 Å². The minimum Gasteiger partial charge on any atom is -0.224 e. The SMILES string of the molecule is CC.Cc1ccc(S(=O)(=O)n2cc(C)c3c(Cl)nc(Cl)nc32)cc1. The molecule has 5 nitrogen and oxygen atoms in total. The number of nitrogens with zero attached hydrogens (tertiary/aromatic N) is 3. The Morgan fingerprint density at radius 3 is 2.17 bits per heavy atom. The summed E-state index contributed by atoms with van der Waals surface area (Å²) < 4.78 is 26.7. The van der Waals surface area contributed by atoms with E-state index in [0.29, 0.717) is 10.9 Å². The highest BCUT2D eigenvalue weighted by molar-refractivity contribution is 7.90. The second-order valence-electron chi connectivity index (χ2n) is 4.91. The van der Waals surface area contributed by atoms with Gasteiger partial charge in [0.1, 0.15) is 5.15 Å². The maximum atomic E-state index is 12.8. The van der Waals surface area contributed by atoms with E-state index in [9.17, 15) is 8.42 Å². The maximum Gasteiger partial charge on any atom is 0.269 e. The van der Waals surface area contributed by atoms with Gasteiger partial charge in [-0.3, -0.25) is 0 Å². The molecule has 0 amide bonds. The van der Waals surface area contributed by atoms with Crippen LogP contribution in [-0.2, 0) is 10.0 Å². The van der Waals surface area contributed by atoms with Gasteiger partial charge in [-0.2, -0.15) is 4.98 Å². The van der Waals surface area contributed by atoms with Gasteiger partial charge >= 0.3 is 0 Å². The van der Waals surface area contributed by atoms with Crippen LogP contribution in [0, 0.1) is 13.8 Å². The Labute approximate surface area is 151 Å². The van der Waals surface area contributed by atoms with Gasteiger partial charge in [0.15, 0.2) is 5.65 Å². The van der Waals surface area contributed by atoms with Crippen LogP contribution in [0.5, 0.6) is 0 Å². The highest BCUT2D eigenvalue weighted by atomic mass is 35.5. The Morgan fingerprint density at radius 2 is 1.58 bits per heavy atom. The van der Waals surface area contributed by atoms with Crippen LogP contribution >= 0.6 is 23.2 Å². The summed E-state index contributed by atoms with van der Waals surface area (Å²) in [5, 5.41) is 0.503.